The summed E-state index contributed by atoms with van der Waals surface area (Å²) in [6.45, 7) is 12.5. The van der Waals surface area contributed by atoms with Crippen molar-refractivity contribution in [3.8, 4) is 0 Å². The third kappa shape index (κ3) is 3.70. The van der Waals surface area contributed by atoms with Crippen molar-refractivity contribution in [1.29, 1.82) is 0 Å². The number of hydrogen-bond donors (Lipinski definition) is 1. The Morgan fingerprint density at radius 1 is 1.15 bits per heavy atom. The first-order valence-electron chi connectivity index (χ1n) is 7.28. The third-order valence-electron chi connectivity index (χ3n) is 3.55. The minimum absolute atomic E-state index is 0.488. The Bertz CT molecular complexity index is 559. The van der Waals surface area contributed by atoms with Crippen LogP contribution in [0.1, 0.15) is 41.8 Å². The molecule has 0 aliphatic carbocycles. The van der Waals surface area contributed by atoms with Gasteiger partial charge in [-0.25, -0.2) is 0 Å². The molecular formula is C17H25N3. The van der Waals surface area contributed by atoms with Gasteiger partial charge in [0.15, 0.2) is 0 Å². The van der Waals surface area contributed by atoms with Gasteiger partial charge in [0.05, 0.1) is 12.2 Å². The van der Waals surface area contributed by atoms with E-state index in [9.17, 15) is 0 Å². The van der Waals surface area contributed by atoms with Crippen LogP contribution in [0.4, 0.5) is 0 Å². The van der Waals surface area contributed by atoms with Crippen molar-refractivity contribution in [2.75, 3.05) is 0 Å². The number of hydrogen-bond acceptors (Lipinski definition) is 2. The van der Waals surface area contributed by atoms with E-state index in [0.717, 1.165) is 18.8 Å². The van der Waals surface area contributed by atoms with Gasteiger partial charge in [0.2, 0.25) is 0 Å². The molecule has 0 saturated heterocycles. The quantitative estimate of drug-likeness (QED) is 0.903. The lowest BCUT2D eigenvalue weighted by atomic mass is 10.00. The first-order valence-corrected chi connectivity index (χ1v) is 7.28. The van der Waals surface area contributed by atoms with E-state index in [1.165, 1.54) is 22.3 Å². The van der Waals surface area contributed by atoms with E-state index in [1.54, 1.807) is 0 Å². The highest BCUT2D eigenvalue weighted by Crippen LogP contribution is 2.17. The van der Waals surface area contributed by atoms with Crippen molar-refractivity contribution >= 4 is 0 Å². The number of aryl methyl sites for hydroxylation is 3. The summed E-state index contributed by atoms with van der Waals surface area (Å²) in [4.78, 5) is 0. The number of rotatable bonds is 5. The molecule has 0 bridgehead atoms. The van der Waals surface area contributed by atoms with Crippen LogP contribution < -0.4 is 5.32 Å². The third-order valence-corrected chi connectivity index (χ3v) is 3.55. The molecule has 3 nitrogen and oxygen atoms in total. The zero-order valence-corrected chi connectivity index (χ0v) is 13.2. The Labute approximate surface area is 122 Å². The molecule has 108 valence electrons. The molecular weight excluding hydrogens is 246 g/mol. The van der Waals surface area contributed by atoms with Gasteiger partial charge in [0.25, 0.3) is 0 Å². The smallest absolute Gasteiger partial charge is 0.0762 e. The summed E-state index contributed by atoms with van der Waals surface area (Å²) in [6, 6.07) is 7.07. The maximum Gasteiger partial charge on any atom is 0.0762 e. The number of nitrogens with one attached hydrogen (secondary N) is 1. The summed E-state index contributed by atoms with van der Waals surface area (Å²) in [5, 5.41) is 8.03. The molecule has 0 atom stereocenters. The average molecular weight is 271 g/mol. The highest BCUT2D eigenvalue weighted by Gasteiger charge is 2.06. The molecule has 20 heavy (non-hydrogen) atoms. The van der Waals surface area contributed by atoms with Gasteiger partial charge in [-0.15, -0.1) is 0 Å². The van der Waals surface area contributed by atoms with E-state index in [2.05, 4.69) is 69.4 Å². The van der Waals surface area contributed by atoms with E-state index in [0.29, 0.717) is 6.04 Å². The molecule has 0 radical (unpaired) electrons. The number of aromatic nitrogens is 2. The van der Waals surface area contributed by atoms with Crippen LogP contribution in [0.3, 0.4) is 0 Å². The zero-order chi connectivity index (χ0) is 14.7. The van der Waals surface area contributed by atoms with Crippen LogP contribution in [0.5, 0.6) is 0 Å². The van der Waals surface area contributed by atoms with Gasteiger partial charge in [-0.3, -0.25) is 4.68 Å². The topological polar surface area (TPSA) is 29.9 Å². The maximum atomic E-state index is 4.64. The number of nitrogens with zero attached hydrogens (tertiary/aromatic N) is 2. The fourth-order valence-corrected chi connectivity index (χ4v) is 2.52. The predicted molar refractivity (Wildman–Crippen MR) is 84.0 cm³/mol. The van der Waals surface area contributed by atoms with Gasteiger partial charge < -0.3 is 5.32 Å². The van der Waals surface area contributed by atoms with Gasteiger partial charge in [-0.05, 0) is 43.5 Å². The maximum absolute atomic E-state index is 4.64. The molecule has 3 heteroatoms. The lowest BCUT2D eigenvalue weighted by Crippen LogP contribution is -2.22. The molecule has 1 heterocycles. The van der Waals surface area contributed by atoms with Crippen LogP contribution in [0.25, 0.3) is 0 Å². The minimum Gasteiger partial charge on any atom is -0.309 e. The highest BCUT2D eigenvalue weighted by atomic mass is 15.3. The first kappa shape index (κ1) is 14.8. The van der Waals surface area contributed by atoms with E-state index >= 15 is 0 Å². The summed E-state index contributed by atoms with van der Waals surface area (Å²) < 4.78 is 2.03. The molecule has 0 unspecified atom stereocenters. The van der Waals surface area contributed by atoms with Gasteiger partial charge in [-0.1, -0.05) is 31.5 Å². The Kier molecular flexibility index (Phi) is 4.61. The van der Waals surface area contributed by atoms with E-state index in [-0.39, 0.29) is 0 Å². The SMILES string of the molecule is Cc1cc(C)c(Cn2ccc(CNC(C)C)n2)c(C)c1. The second-order valence-electron chi connectivity index (χ2n) is 5.92. The standard InChI is InChI=1S/C17H25N3/c1-12(2)18-10-16-6-7-20(19-16)11-17-14(4)8-13(3)9-15(17)5/h6-9,12,18H,10-11H2,1-5H3. The fourth-order valence-electron chi connectivity index (χ4n) is 2.52. The molecule has 2 rings (SSSR count). The van der Waals surface area contributed by atoms with E-state index < -0.39 is 0 Å². The van der Waals surface area contributed by atoms with Crippen LogP contribution in [0, 0.1) is 20.8 Å². The van der Waals surface area contributed by atoms with Crippen molar-refractivity contribution in [2.24, 2.45) is 0 Å². The van der Waals surface area contributed by atoms with Crippen LogP contribution in [0.15, 0.2) is 24.4 Å². The van der Waals surface area contributed by atoms with Crippen LogP contribution >= 0.6 is 0 Å². The molecule has 0 saturated carbocycles. The molecule has 2 aromatic rings. The molecule has 1 aromatic carbocycles. The van der Waals surface area contributed by atoms with Crippen molar-refractivity contribution in [3.05, 3.63) is 52.3 Å². The normalized spacial score (nSPS) is 11.3. The Morgan fingerprint density at radius 2 is 1.80 bits per heavy atom. The molecule has 0 fully saturated rings. The van der Waals surface area contributed by atoms with E-state index in [4.69, 9.17) is 0 Å². The van der Waals surface area contributed by atoms with Crippen LogP contribution in [-0.4, -0.2) is 15.8 Å². The molecule has 0 spiro atoms. The first-order chi connectivity index (χ1) is 9.45. The Balaban J connectivity index is 2.11. The molecule has 1 aromatic heterocycles. The molecule has 0 aliphatic heterocycles. The minimum atomic E-state index is 0.488. The summed E-state index contributed by atoms with van der Waals surface area (Å²) in [6.07, 6.45) is 2.07. The van der Waals surface area contributed by atoms with Gasteiger partial charge in [0.1, 0.15) is 0 Å². The molecule has 1 N–H and O–H groups in total. The second-order valence-corrected chi connectivity index (χ2v) is 5.92. The predicted octanol–water partition coefficient (Wildman–Crippen LogP) is 3.35. The van der Waals surface area contributed by atoms with Gasteiger partial charge in [0, 0.05) is 18.8 Å². The summed E-state index contributed by atoms with van der Waals surface area (Å²) in [7, 11) is 0. The van der Waals surface area contributed by atoms with Crippen molar-refractivity contribution in [3.63, 3.8) is 0 Å². The van der Waals surface area contributed by atoms with Gasteiger partial charge in [-0.2, -0.15) is 5.10 Å². The van der Waals surface area contributed by atoms with Crippen molar-refractivity contribution < 1.29 is 0 Å². The van der Waals surface area contributed by atoms with Gasteiger partial charge >= 0.3 is 0 Å². The van der Waals surface area contributed by atoms with Crippen LogP contribution in [0.2, 0.25) is 0 Å². The largest absolute Gasteiger partial charge is 0.309 e. The number of benzene rings is 1. The summed E-state index contributed by atoms with van der Waals surface area (Å²) in [5.74, 6) is 0. The fraction of sp³-hybridized carbons (Fsp3) is 0.471. The Morgan fingerprint density at radius 3 is 2.40 bits per heavy atom. The van der Waals surface area contributed by atoms with Crippen molar-refractivity contribution in [2.45, 2.75) is 53.8 Å². The summed E-state index contributed by atoms with van der Waals surface area (Å²) >= 11 is 0. The lowest BCUT2D eigenvalue weighted by Gasteiger charge is -2.11. The Hall–Kier alpha value is -1.61. The summed E-state index contributed by atoms with van der Waals surface area (Å²) in [5.41, 5.74) is 6.49. The van der Waals surface area contributed by atoms with Crippen molar-refractivity contribution in [1.82, 2.24) is 15.1 Å². The molecule has 0 amide bonds. The zero-order valence-electron chi connectivity index (χ0n) is 13.2. The highest BCUT2D eigenvalue weighted by molar-refractivity contribution is 5.37. The lowest BCUT2D eigenvalue weighted by molar-refractivity contribution is 0.569. The molecule has 0 aliphatic rings. The second kappa shape index (κ2) is 6.23. The average Bonchev–Trinajstić information content (AvgIpc) is 2.79. The monoisotopic (exact) mass is 271 g/mol. The van der Waals surface area contributed by atoms with Crippen LogP contribution in [-0.2, 0) is 13.1 Å². The van der Waals surface area contributed by atoms with E-state index in [1.807, 2.05) is 4.68 Å².